The third kappa shape index (κ3) is 6.16. The molecule has 7 nitrogen and oxygen atoms in total. The van der Waals surface area contributed by atoms with E-state index in [-0.39, 0.29) is 54.9 Å². The highest BCUT2D eigenvalue weighted by Crippen LogP contribution is 2.23. The van der Waals surface area contributed by atoms with E-state index in [2.05, 4.69) is 20.6 Å². The average Bonchev–Trinajstić information content (AvgIpc) is 3.09. The summed E-state index contributed by atoms with van der Waals surface area (Å²) in [4.78, 5) is 31.5. The molecule has 3 aromatic rings. The summed E-state index contributed by atoms with van der Waals surface area (Å²) >= 11 is 0. The number of nitrogens with two attached hydrogens (primary N) is 1. The van der Waals surface area contributed by atoms with Gasteiger partial charge in [-0.05, 0) is 48.4 Å². The fourth-order valence-electron chi connectivity index (χ4n) is 2.63. The van der Waals surface area contributed by atoms with Crippen LogP contribution >= 0.6 is 24.8 Å². The second-order valence-corrected chi connectivity index (χ2v) is 6.86. The normalized spacial score (nSPS) is 11.4. The zero-order valence-electron chi connectivity index (χ0n) is 16.4. The van der Waals surface area contributed by atoms with Crippen molar-refractivity contribution < 1.29 is 14.0 Å². The standard InChI is InChI=1S/C20H22FN5O2.2ClH/c1-11(2)18(22)20(28)23-10-17(27)24-14-7-8-15-16(9-14)26-19(25-15)12-3-5-13(21)6-4-12;;/h3-9,11,18H,10,22H2,1-2H3,(H,23,28)(H,24,27)(H,25,26);2*1H/t18-;;/m0../s1. The van der Waals surface area contributed by atoms with Crippen LogP contribution in [0.4, 0.5) is 10.1 Å². The average molecular weight is 456 g/mol. The molecular formula is C20H24Cl2FN5O2. The summed E-state index contributed by atoms with van der Waals surface area (Å²) in [6.45, 7) is 3.51. The number of amides is 2. The first-order chi connectivity index (χ1) is 13.3. The number of halogens is 3. The Bertz CT molecular complexity index is 1010. The van der Waals surface area contributed by atoms with Gasteiger partial charge in [0, 0.05) is 11.3 Å². The van der Waals surface area contributed by atoms with E-state index in [1.165, 1.54) is 12.1 Å². The van der Waals surface area contributed by atoms with Crippen molar-refractivity contribution in [2.24, 2.45) is 11.7 Å². The van der Waals surface area contributed by atoms with Gasteiger partial charge in [-0.25, -0.2) is 9.37 Å². The summed E-state index contributed by atoms with van der Waals surface area (Å²) in [5, 5.41) is 5.25. The number of hydrogen-bond acceptors (Lipinski definition) is 4. The van der Waals surface area contributed by atoms with E-state index in [4.69, 9.17) is 5.73 Å². The molecule has 30 heavy (non-hydrogen) atoms. The van der Waals surface area contributed by atoms with Gasteiger partial charge in [0.15, 0.2) is 0 Å². The number of aromatic amines is 1. The van der Waals surface area contributed by atoms with Crippen molar-refractivity contribution in [2.75, 3.05) is 11.9 Å². The van der Waals surface area contributed by atoms with Gasteiger partial charge in [0.25, 0.3) is 0 Å². The topological polar surface area (TPSA) is 113 Å². The van der Waals surface area contributed by atoms with Crippen molar-refractivity contribution in [1.29, 1.82) is 0 Å². The van der Waals surface area contributed by atoms with Gasteiger partial charge in [-0.2, -0.15) is 0 Å². The van der Waals surface area contributed by atoms with Gasteiger partial charge >= 0.3 is 0 Å². The van der Waals surface area contributed by atoms with Crippen LogP contribution in [-0.4, -0.2) is 34.4 Å². The fraction of sp³-hybridized carbons (Fsp3) is 0.250. The van der Waals surface area contributed by atoms with Gasteiger partial charge in [-0.15, -0.1) is 24.8 Å². The van der Waals surface area contributed by atoms with Crippen LogP contribution in [0.15, 0.2) is 42.5 Å². The van der Waals surface area contributed by atoms with Crippen molar-refractivity contribution >= 4 is 53.3 Å². The maximum absolute atomic E-state index is 13.1. The van der Waals surface area contributed by atoms with Crippen LogP contribution in [0, 0.1) is 11.7 Å². The molecule has 3 rings (SSSR count). The first kappa shape index (κ1) is 25.4. The summed E-state index contributed by atoms with van der Waals surface area (Å²) in [6, 6.07) is 10.6. The predicted octanol–water partition coefficient (Wildman–Crippen LogP) is 3.25. The lowest BCUT2D eigenvalue weighted by Gasteiger charge is -2.15. The van der Waals surface area contributed by atoms with Gasteiger partial charge in [0.1, 0.15) is 11.6 Å². The first-order valence-electron chi connectivity index (χ1n) is 8.92. The maximum atomic E-state index is 13.1. The van der Waals surface area contributed by atoms with Crippen molar-refractivity contribution in [2.45, 2.75) is 19.9 Å². The van der Waals surface area contributed by atoms with E-state index in [0.29, 0.717) is 17.0 Å². The second-order valence-electron chi connectivity index (χ2n) is 6.86. The zero-order valence-corrected chi connectivity index (χ0v) is 18.1. The Morgan fingerprint density at radius 3 is 2.43 bits per heavy atom. The molecule has 2 amide bonds. The molecule has 0 saturated heterocycles. The molecule has 0 saturated carbocycles. The molecule has 0 spiro atoms. The Balaban J connectivity index is 0.00000225. The summed E-state index contributed by atoms with van der Waals surface area (Å²) in [7, 11) is 0. The Kier molecular flexibility index (Phi) is 9.22. The van der Waals surface area contributed by atoms with E-state index < -0.39 is 6.04 Å². The molecule has 0 radical (unpaired) electrons. The summed E-state index contributed by atoms with van der Waals surface area (Å²) in [5.41, 5.74) is 8.51. The predicted molar refractivity (Wildman–Crippen MR) is 120 cm³/mol. The number of aromatic nitrogens is 2. The van der Waals surface area contributed by atoms with Crippen molar-refractivity contribution in [3.8, 4) is 11.4 Å². The Morgan fingerprint density at radius 2 is 1.80 bits per heavy atom. The summed E-state index contributed by atoms with van der Waals surface area (Å²) in [6.07, 6.45) is 0. The largest absolute Gasteiger partial charge is 0.346 e. The quantitative estimate of drug-likeness (QED) is 0.456. The van der Waals surface area contributed by atoms with Gasteiger partial charge in [0.2, 0.25) is 11.8 Å². The minimum atomic E-state index is -0.654. The first-order valence-corrected chi connectivity index (χ1v) is 8.92. The lowest BCUT2D eigenvalue weighted by Crippen LogP contribution is -2.46. The third-order valence-electron chi connectivity index (χ3n) is 4.33. The van der Waals surface area contributed by atoms with Crippen LogP contribution in [0.5, 0.6) is 0 Å². The lowest BCUT2D eigenvalue weighted by atomic mass is 10.1. The second kappa shape index (κ2) is 10.9. The van der Waals surface area contributed by atoms with Crippen LogP contribution in [-0.2, 0) is 9.59 Å². The van der Waals surface area contributed by atoms with Crippen molar-refractivity contribution in [3.63, 3.8) is 0 Å². The van der Waals surface area contributed by atoms with Gasteiger partial charge in [-0.3, -0.25) is 9.59 Å². The van der Waals surface area contributed by atoms with E-state index in [9.17, 15) is 14.0 Å². The lowest BCUT2D eigenvalue weighted by molar-refractivity contribution is -0.125. The Hall–Kier alpha value is -2.68. The molecule has 0 aliphatic rings. The van der Waals surface area contributed by atoms with E-state index in [0.717, 1.165) is 11.1 Å². The molecule has 2 aromatic carbocycles. The van der Waals surface area contributed by atoms with Crippen LogP contribution in [0.25, 0.3) is 22.4 Å². The van der Waals surface area contributed by atoms with Crippen molar-refractivity contribution in [1.82, 2.24) is 15.3 Å². The van der Waals surface area contributed by atoms with Crippen LogP contribution in [0.1, 0.15) is 13.8 Å². The molecule has 1 atom stereocenters. The molecule has 0 unspecified atom stereocenters. The number of carbonyl (C=O) groups is 2. The highest BCUT2D eigenvalue weighted by Gasteiger charge is 2.17. The summed E-state index contributed by atoms with van der Waals surface area (Å²) in [5.74, 6) is -0.444. The highest BCUT2D eigenvalue weighted by molar-refractivity contribution is 5.96. The van der Waals surface area contributed by atoms with Crippen LogP contribution < -0.4 is 16.4 Å². The molecule has 0 bridgehead atoms. The number of carbonyl (C=O) groups excluding carboxylic acids is 2. The molecule has 5 N–H and O–H groups in total. The minimum Gasteiger partial charge on any atom is -0.346 e. The zero-order chi connectivity index (χ0) is 20.3. The number of rotatable bonds is 6. The third-order valence-corrected chi connectivity index (χ3v) is 4.33. The smallest absolute Gasteiger partial charge is 0.243 e. The number of H-pyrrole nitrogens is 1. The van der Waals surface area contributed by atoms with E-state index >= 15 is 0 Å². The molecule has 1 heterocycles. The number of benzene rings is 2. The molecule has 0 aliphatic carbocycles. The fourth-order valence-corrected chi connectivity index (χ4v) is 2.63. The molecule has 10 heteroatoms. The van der Waals surface area contributed by atoms with Crippen LogP contribution in [0.2, 0.25) is 0 Å². The molecule has 0 fully saturated rings. The number of fused-ring (bicyclic) bond motifs is 1. The molecule has 1 aromatic heterocycles. The Morgan fingerprint density at radius 1 is 1.13 bits per heavy atom. The number of nitrogens with zero attached hydrogens (tertiary/aromatic N) is 1. The van der Waals surface area contributed by atoms with E-state index in [1.807, 2.05) is 13.8 Å². The van der Waals surface area contributed by atoms with Crippen LogP contribution in [0.3, 0.4) is 0 Å². The Labute approximate surface area is 185 Å². The maximum Gasteiger partial charge on any atom is 0.243 e. The number of nitrogens with one attached hydrogen (secondary N) is 3. The SMILES string of the molecule is CC(C)[C@H](N)C(=O)NCC(=O)Nc1ccc2nc(-c3ccc(F)cc3)[nH]c2c1.Cl.Cl. The molecule has 162 valence electrons. The van der Waals surface area contributed by atoms with Gasteiger partial charge in [-0.1, -0.05) is 13.8 Å². The van der Waals surface area contributed by atoms with Gasteiger partial charge in [0.05, 0.1) is 23.6 Å². The van der Waals surface area contributed by atoms with E-state index in [1.54, 1.807) is 30.3 Å². The minimum absolute atomic E-state index is 0. The molecule has 0 aliphatic heterocycles. The number of hydrogen-bond donors (Lipinski definition) is 4. The van der Waals surface area contributed by atoms with Crippen molar-refractivity contribution in [3.05, 3.63) is 48.3 Å². The highest BCUT2D eigenvalue weighted by atomic mass is 35.5. The van der Waals surface area contributed by atoms with Gasteiger partial charge < -0.3 is 21.4 Å². The molecular weight excluding hydrogens is 432 g/mol. The summed E-state index contributed by atoms with van der Waals surface area (Å²) < 4.78 is 13.1. The number of imidazole rings is 1. The monoisotopic (exact) mass is 455 g/mol. The number of anilines is 1.